The van der Waals surface area contributed by atoms with Crippen LogP contribution in [0.3, 0.4) is 0 Å². The van der Waals surface area contributed by atoms with E-state index in [9.17, 15) is 14.9 Å². The molecule has 8 heteroatoms. The van der Waals surface area contributed by atoms with Gasteiger partial charge in [-0.15, -0.1) is 0 Å². The van der Waals surface area contributed by atoms with Crippen LogP contribution < -0.4 is 5.32 Å². The summed E-state index contributed by atoms with van der Waals surface area (Å²) in [6.45, 7) is 13.1. The first kappa shape index (κ1) is 23.1. The molecule has 2 rings (SSSR count). The van der Waals surface area contributed by atoms with Gasteiger partial charge in [-0.25, -0.2) is 0 Å². The normalized spacial score (nSPS) is 15.6. The number of benzene rings is 1. The van der Waals surface area contributed by atoms with Crippen molar-refractivity contribution in [2.24, 2.45) is 5.92 Å². The van der Waals surface area contributed by atoms with E-state index >= 15 is 0 Å². The Hall–Kier alpha value is -2.19. The standard InChI is InChI=1S/C21H34N4O4/c1-5-23(6-2)18(13-16(3)4)15-22-19-8-7-17(14-20(19)25(27)28)21(26)24-9-11-29-12-10-24/h7-8,14,16,18,22H,5-6,9-13,15H2,1-4H3. The lowest BCUT2D eigenvalue weighted by Crippen LogP contribution is -2.41. The third kappa shape index (κ3) is 6.40. The molecule has 1 aliphatic heterocycles. The first-order valence-corrected chi connectivity index (χ1v) is 10.5. The lowest BCUT2D eigenvalue weighted by Gasteiger charge is -2.31. The van der Waals surface area contributed by atoms with Crippen molar-refractivity contribution in [3.63, 3.8) is 0 Å². The van der Waals surface area contributed by atoms with Crippen molar-refractivity contribution in [1.29, 1.82) is 0 Å². The summed E-state index contributed by atoms with van der Waals surface area (Å²) < 4.78 is 5.27. The molecule has 1 aromatic carbocycles. The molecule has 0 radical (unpaired) electrons. The fourth-order valence-corrected chi connectivity index (χ4v) is 3.79. The van der Waals surface area contributed by atoms with Crippen LogP contribution in [0, 0.1) is 16.0 Å². The second-order valence-corrected chi connectivity index (χ2v) is 7.78. The second-order valence-electron chi connectivity index (χ2n) is 7.78. The molecule has 0 saturated carbocycles. The van der Waals surface area contributed by atoms with E-state index in [0.29, 0.717) is 56.1 Å². The monoisotopic (exact) mass is 406 g/mol. The van der Waals surface area contributed by atoms with Gasteiger partial charge in [-0.3, -0.25) is 19.8 Å². The number of morpholine rings is 1. The highest BCUT2D eigenvalue weighted by atomic mass is 16.6. The summed E-state index contributed by atoms with van der Waals surface area (Å²) in [7, 11) is 0. The highest BCUT2D eigenvalue weighted by Gasteiger charge is 2.24. The first-order valence-electron chi connectivity index (χ1n) is 10.5. The van der Waals surface area contributed by atoms with E-state index in [0.717, 1.165) is 19.5 Å². The van der Waals surface area contributed by atoms with E-state index in [1.54, 1.807) is 17.0 Å². The molecule has 0 bridgehead atoms. The summed E-state index contributed by atoms with van der Waals surface area (Å²) in [5, 5.41) is 14.9. The number of hydrogen-bond acceptors (Lipinski definition) is 6. The van der Waals surface area contributed by atoms with Crippen molar-refractivity contribution >= 4 is 17.3 Å². The van der Waals surface area contributed by atoms with Gasteiger partial charge in [0.25, 0.3) is 11.6 Å². The summed E-state index contributed by atoms with van der Waals surface area (Å²) in [4.78, 5) is 27.9. The average molecular weight is 407 g/mol. The number of nitrogens with zero attached hydrogens (tertiary/aromatic N) is 3. The largest absolute Gasteiger partial charge is 0.378 e. The number of hydrogen-bond donors (Lipinski definition) is 1. The molecular weight excluding hydrogens is 372 g/mol. The van der Waals surface area contributed by atoms with Gasteiger partial charge in [0, 0.05) is 37.3 Å². The van der Waals surface area contributed by atoms with Crippen LogP contribution in [0.1, 0.15) is 44.5 Å². The Morgan fingerprint density at radius 1 is 1.28 bits per heavy atom. The van der Waals surface area contributed by atoms with Crippen molar-refractivity contribution in [2.45, 2.75) is 40.2 Å². The predicted octanol–water partition coefficient (Wildman–Crippen LogP) is 3.24. The molecule has 1 amide bonds. The molecule has 1 saturated heterocycles. The van der Waals surface area contributed by atoms with Crippen molar-refractivity contribution in [3.8, 4) is 0 Å². The van der Waals surface area contributed by atoms with Crippen molar-refractivity contribution < 1.29 is 14.5 Å². The van der Waals surface area contributed by atoms with Crippen LogP contribution in [0.4, 0.5) is 11.4 Å². The minimum Gasteiger partial charge on any atom is -0.378 e. The Labute approximate surface area is 173 Å². The topological polar surface area (TPSA) is 88.0 Å². The van der Waals surface area contributed by atoms with Crippen molar-refractivity contribution in [1.82, 2.24) is 9.80 Å². The van der Waals surface area contributed by atoms with Gasteiger partial charge in [-0.05, 0) is 37.6 Å². The van der Waals surface area contributed by atoms with Crippen LogP contribution in [-0.2, 0) is 4.74 Å². The van der Waals surface area contributed by atoms with Crippen molar-refractivity contribution in [3.05, 3.63) is 33.9 Å². The molecule has 162 valence electrons. The average Bonchev–Trinajstić information content (AvgIpc) is 2.72. The number of carbonyl (C=O) groups is 1. The van der Waals surface area contributed by atoms with E-state index < -0.39 is 4.92 Å². The molecule has 0 aromatic heterocycles. The Balaban J connectivity index is 2.17. The van der Waals surface area contributed by atoms with E-state index in [1.165, 1.54) is 6.07 Å². The van der Waals surface area contributed by atoms with Crippen LogP contribution in [0.5, 0.6) is 0 Å². The number of nitrogens with one attached hydrogen (secondary N) is 1. The molecule has 0 spiro atoms. The number of carbonyl (C=O) groups excluding carboxylic acids is 1. The molecule has 0 aliphatic carbocycles. The highest BCUT2D eigenvalue weighted by Crippen LogP contribution is 2.27. The van der Waals surface area contributed by atoms with Gasteiger partial charge in [-0.1, -0.05) is 27.7 Å². The molecule has 1 aliphatic rings. The van der Waals surface area contributed by atoms with Crippen molar-refractivity contribution in [2.75, 3.05) is 51.3 Å². The fourth-order valence-electron chi connectivity index (χ4n) is 3.79. The van der Waals surface area contributed by atoms with E-state index in [1.807, 2.05) is 0 Å². The maximum absolute atomic E-state index is 12.7. The van der Waals surface area contributed by atoms with Gasteiger partial charge in [0.1, 0.15) is 5.69 Å². The number of nitro benzene ring substituents is 1. The van der Waals surface area contributed by atoms with Gasteiger partial charge >= 0.3 is 0 Å². The summed E-state index contributed by atoms with van der Waals surface area (Å²) in [5.74, 6) is 0.342. The molecule has 1 aromatic rings. The van der Waals surface area contributed by atoms with E-state index in [2.05, 4.69) is 37.9 Å². The Morgan fingerprint density at radius 2 is 1.93 bits per heavy atom. The predicted molar refractivity (Wildman–Crippen MR) is 114 cm³/mol. The van der Waals surface area contributed by atoms with Gasteiger partial charge in [0.2, 0.25) is 0 Å². The van der Waals surface area contributed by atoms with Gasteiger partial charge in [0.15, 0.2) is 0 Å². The third-order valence-electron chi connectivity index (χ3n) is 5.34. The first-order chi connectivity index (χ1) is 13.9. The summed E-state index contributed by atoms with van der Waals surface area (Å²) >= 11 is 0. The highest BCUT2D eigenvalue weighted by molar-refractivity contribution is 5.95. The molecule has 8 nitrogen and oxygen atoms in total. The SMILES string of the molecule is CCN(CC)C(CNc1ccc(C(=O)N2CCOCC2)cc1[N+](=O)[O-])CC(C)C. The smallest absolute Gasteiger partial charge is 0.293 e. The zero-order valence-corrected chi connectivity index (χ0v) is 18.0. The molecule has 1 fully saturated rings. The van der Waals surface area contributed by atoms with Crippen LogP contribution in [0.25, 0.3) is 0 Å². The molecule has 1 atom stereocenters. The molecule has 1 N–H and O–H groups in total. The van der Waals surface area contributed by atoms with Crippen LogP contribution in [0.2, 0.25) is 0 Å². The fraction of sp³-hybridized carbons (Fsp3) is 0.667. The number of likely N-dealkylation sites (N-methyl/N-ethyl adjacent to an activating group) is 1. The van der Waals surface area contributed by atoms with Gasteiger partial charge in [0.05, 0.1) is 18.1 Å². The van der Waals surface area contributed by atoms with Crippen LogP contribution in [0.15, 0.2) is 18.2 Å². The number of anilines is 1. The second kappa shape index (κ2) is 11.1. The lowest BCUT2D eigenvalue weighted by atomic mass is 10.0. The van der Waals surface area contributed by atoms with Gasteiger partial charge in [-0.2, -0.15) is 0 Å². The maximum atomic E-state index is 12.7. The third-order valence-corrected chi connectivity index (χ3v) is 5.34. The zero-order valence-electron chi connectivity index (χ0n) is 18.0. The lowest BCUT2D eigenvalue weighted by molar-refractivity contribution is -0.384. The quantitative estimate of drug-likeness (QED) is 0.474. The number of rotatable bonds is 10. The Morgan fingerprint density at radius 3 is 2.48 bits per heavy atom. The van der Waals surface area contributed by atoms with Crippen LogP contribution >= 0.6 is 0 Å². The Kier molecular flexibility index (Phi) is 8.85. The molecule has 1 unspecified atom stereocenters. The number of amides is 1. The summed E-state index contributed by atoms with van der Waals surface area (Å²) in [6.07, 6.45) is 1.01. The minimum absolute atomic E-state index is 0.0630. The number of ether oxygens (including phenoxy) is 1. The number of nitro groups is 1. The summed E-state index contributed by atoms with van der Waals surface area (Å²) in [6, 6.07) is 5.00. The molecule has 1 heterocycles. The van der Waals surface area contributed by atoms with Gasteiger partial charge < -0.3 is 15.0 Å². The molecule has 29 heavy (non-hydrogen) atoms. The van der Waals surface area contributed by atoms with E-state index in [4.69, 9.17) is 4.74 Å². The zero-order chi connectivity index (χ0) is 21.4. The molecular formula is C21H34N4O4. The Bertz CT molecular complexity index is 685. The minimum atomic E-state index is -0.423. The van der Waals surface area contributed by atoms with Crippen LogP contribution in [-0.4, -0.2) is 72.6 Å². The summed E-state index contributed by atoms with van der Waals surface area (Å²) in [5.41, 5.74) is 0.730. The maximum Gasteiger partial charge on any atom is 0.293 e. The van der Waals surface area contributed by atoms with E-state index in [-0.39, 0.29) is 11.6 Å².